The summed E-state index contributed by atoms with van der Waals surface area (Å²) in [4.78, 5) is 15.1. The van der Waals surface area contributed by atoms with E-state index in [0.717, 1.165) is 25.7 Å². The van der Waals surface area contributed by atoms with Gasteiger partial charge >= 0.3 is 5.97 Å². The van der Waals surface area contributed by atoms with E-state index >= 15 is 0 Å². The van der Waals surface area contributed by atoms with Gasteiger partial charge in [0.05, 0.1) is 5.41 Å². The maximum atomic E-state index is 10.8. The number of aliphatic carboxylic acids is 1. The maximum absolute atomic E-state index is 10.8. The predicted molar refractivity (Wildman–Crippen MR) is 75.9 cm³/mol. The van der Waals surface area contributed by atoms with E-state index < -0.39 is 5.97 Å². The first-order valence-electron chi connectivity index (χ1n) is 7.31. The summed E-state index contributed by atoms with van der Waals surface area (Å²) < 4.78 is 5.13. The molecule has 0 bridgehead atoms. The zero-order valence-corrected chi connectivity index (χ0v) is 11.8. The fraction of sp³-hybridized carbons (Fsp3) is 0.438. The van der Waals surface area contributed by atoms with E-state index in [2.05, 4.69) is 22.3 Å². The summed E-state index contributed by atoms with van der Waals surface area (Å²) in [5, 5.41) is 12.9. The predicted octanol–water partition coefficient (Wildman–Crippen LogP) is 2.95. The first kappa shape index (κ1) is 13.8. The molecule has 1 aromatic carbocycles. The topological polar surface area (TPSA) is 76.2 Å². The lowest BCUT2D eigenvalue weighted by atomic mass is 9.69. The number of carboxylic acids is 1. The van der Waals surface area contributed by atoms with Crippen molar-refractivity contribution in [2.24, 2.45) is 0 Å². The third-order valence-corrected chi connectivity index (χ3v) is 4.23. The van der Waals surface area contributed by atoms with Crippen LogP contribution in [0.4, 0.5) is 0 Å². The summed E-state index contributed by atoms with van der Waals surface area (Å²) in [6.07, 6.45) is 5.19. The van der Waals surface area contributed by atoms with Gasteiger partial charge in [0.2, 0.25) is 5.89 Å². The molecule has 110 valence electrons. The molecule has 0 unspecified atom stereocenters. The lowest BCUT2D eigenvalue weighted by Gasteiger charge is -2.34. The van der Waals surface area contributed by atoms with E-state index in [1.807, 2.05) is 18.2 Å². The number of carboxylic acid groups (broad SMARTS) is 1. The van der Waals surface area contributed by atoms with Crippen molar-refractivity contribution < 1.29 is 14.4 Å². The SMILES string of the molecule is O=C(O)Cc1nc(C2(c3ccccc3)CCCCC2)no1. The van der Waals surface area contributed by atoms with Crippen molar-refractivity contribution in [3.63, 3.8) is 0 Å². The fourth-order valence-corrected chi connectivity index (χ4v) is 3.20. The molecule has 21 heavy (non-hydrogen) atoms. The van der Waals surface area contributed by atoms with Gasteiger partial charge in [-0.25, -0.2) is 0 Å². The normalized spacial score (nSPS) is 17.5. The Morgan fingerprint density at radius 2 is 1.90 bits per heavy atom. The molecule has 1 fully saturated rings. The van der Waals surface area contributed by atoms with Crippen LogP contribution in [0.5, 0.6) is 0 Å². The van der Waals surface area contributed by atoms with Crippen LogP contribution in [-0.4, -0.2) is 21.2 Å². The van der Waals surface area contributed by atoms with Gasteiger partial charge in [-0.1, -0.05) is 54.8 Å². The highest BCUT2D eigenvalue weighted by Gasteiger charge is 2.40. The Labute approximate surface area is 123 Å². The Hall–Kier alpha value is -2.17. The van der Waals surface area contributed by atoms with Crippen LogP contribution in [0, 0.1) is 0 Å². The molecule has 3 rings (SSSR count). The molecule has 1 saturated carbocycles. The number of rotatable bonds is 4. The van der Waals surface area contributed by atoms with Crippen LogP contribution in [0.2, 0.25) is 0 Å². The number of hydrogen-bond donors (Lipinski definition) is 1. The van der Waals surface area contributed by atoms with Gasteiger partial charge in [0.1, 0.15) is 6.42 Å². The van der Waals surface area contributed by atoms with Gasteiger partial charge in [0, 0.05) is 0 Å². The Kier molecular flexibility index (Phi) is 3.73. The molecular formula is C16H18N2O3. The summed E-state index contributed by atoms with van der Waals surface area (Å²) in [6.45, 7) is 0. The van der Waals surface area contributed by atoms with Crippen molar-refractivity contribution in [1.29, 1.82) is 0 Å². The van der Waals surface area contributed by atoms with E-state index in [4.69, 9.17) is 9.63 Å². The molecular weight excluding hydrogens is 268 g/mol. The number of hydrogen-bond acceptors (Lipinski definition) is 4. The van der Waals surface area contributed by atoms with Crippen molar-refractivity contribution in [2.45, 2.75) is 43.9 Å². The minimum atomic E-state index is -0.956. The minimum absolute atomic E-state index is 0.179. The summed E-state index contributed by atoms with van der Waals surface area (Å²) in [5.74, 6) is -0.148. The van der Waals surface area contributed by atoms with E-state index in [0.29, 0.717) is 5.82 Å². The molecule has 0 atom stereocenters. The highest BCUT2D eigenvalue weighted by atomic mass is 16.5. The van der Waals surface area contributed by atoms with Crippen LogP contribution < -0.4 is 0 Å². The zero-order chi connectivity index (χ0) is 14.7. The molecule has 0 radical (unpaired) electrons. The van der Waals surface area contributed by atoms with Crippen LogP contribution in [-0.2, 0) is 16.6 Å². The van der Waals surface area contributed by atoms with Gasteiger partial charge in [-0.3, -0.25) is 4.79 Å². The minimum Gasteiger partial charge on any atom is -0.481 e. The summed E-state index contributed by atoms with van der Waals surface area (Å²) >= 11 is 0. The Morgan fingerprint density at radius 3 is 2.57 bits per heavy atom. The second-order valence-electron chi connectivity index (χ2n) is 5.59. The third kappa shape index (κ3) is 2.68. The highest BCUT2D eigenvalue weighted by molar-refractivity contribution is 5.68. The van der Waals surface area contributed by atoms with Crippen LogP contribution >= 0.6 is 0 Å². The molecule has 0 saturated heterocycles. The second-order valence-corrected chi connectivity index (χ2v) is 5.59. The lowest BCUT2D eigenvalue weighted by molar-refractivity contribution is -0.136. The Morgan fingerprint density at radius 1 is 1.19 bits per heavy atom. The molecule has 0 amide bonds. The van der Waals surface area contributed by atoms with E-state index in [1.54, 1.807) is 0 Å². The third-order valence-electron chi connectivity index (χ3n) is 4.23. The molecule has 1 heterocycles. The van der Waals surface area contributed by atoms with Crippen LogP contribution in [0.25, 0.3) is 0 Å². The summed E-state index contributed by atoms with van der Waals surface area (Å²) in [5.41, 5.74) is 0.951. The zero-order valence-electron chi connectivity index (χ0n) is 11.8. The van der Waals surface area contributed by atoms with Crippen molar-refractivity contribution in [3.05, 3.63) is 47.6 Å². The number of nitrogens with zero attached hydrogens (tertiary/aromatic N) is 2. The average molecular weight is 286 g/mol. The summed E-state index contributed by atoms with van der Waals surface area (Å²) in [7, 11) is 0. The molecule has 1 aromatic heterocycles. The molecule has 1 aliphatic rings. The van der Waals surface area contributed by atoms with Gasteiger partial charge in [0.25, 0.3) is 0 Å². The van der Waals surface area contributed by atoms with Gasteiger partial charge < -0.3 is 9.63 Å². The van der Waals surface area contributed by atoms with E-state index in [-0.39, 0.29) is 17.7 Å². The van der Waals surface area contributed by atoms with Crippen molar-refractivity contribution in [3.8, 4) is 0 Å². The quantitative estimate of drug-likeness (QED) is 0.935. The average Bonchev–Trinajstić information content (AvgIpc) is 2.97. The van der Waals surface area contributed by atoms with Crippen molar-refractivity contribution in [2.75, 3.05) is 0 Å². The number of benzene rings is 1. The second kappa shape index (κ2) is 5.68. The molecule has 1 N–H and O–H groups in total. The van der Waals surface area contributed by atoms with Crippen molar-refractivity contribution in [1.82, 2.24) is 10.1 Å². The van der Waals surface area contributed by atoms with Crippen LogP contribution in [0.1, 0.15) is 49.4 Å². The number of aromatic nitrogens is 2. The first-order chi connectivity index (χ1) is 10.2. The Balaban J connectivity index is 1.99. The first-order valence-corrected chi connectivity index (χ1v) is 7.31. The Bertz CT molecular complexity index is 615. The van der Waals surface area contributed by atoms with Gasteiger partial charge in [0.15, 0.2) is 5.82 Å². The van der Waals surface area contributed by atoms with Gasteiger partial charge in [-0.05, 0) is 18.4 Å². The molecule has 5 heteroatoms. The standard InChI is InChI=1S/C16H18N2O3/c19-14(20)11-13-17-15(18-21-13)16(9-5-2-6-10-16)12-7-3-1-4-8-12/h1,3-4,7-8H,2,5-6,9-11H2,(H,19,20). The number of carbonyl (C=O) groups is 1. The fourth-order valence-electron chi connectivity index (χ4n) is 3.20. The highest BCUT2D eigenvalue weighted by Crippen LogP contribution is 2.43. The molecule has 5 nitrogen and oxygen atoms in total. The monoisotopic (exact) mass is 286 g/mol. The van der Waals surface area contributed by atoms with Crippen molar-refractivity contribution >= 4 is 5.97 Å². The maximum Gasteiger partial charge on any atom is 0.312 e. The lowest BCUT2D eigenvalue weighted by Crippen LogP contribution is -2.31. The summed E-state index contributed by atoms with van der Waals surface area (Å²) in [6, 6.07) is 10.2. The van der Waals surface area contributed by atoms with Crippen LogP contribution in [0.3, 0.4) is 0 Å². The van der Waals surface area contributed by atoms with Crippen LogP contribution in [0.15, 0.2) is 34.9 Å². The van der Waals surface area contributed by atoms with Gasteiger partial charge in [-0.15, -0.1) is 0 Å². The molecule has 2 aromatic rings. The molecule has 1 aliphatic carbocycles. The smallest absolute Gasteiger partial charge is 0.312 e. The van der Waals surface area contributed by atoms with E-state index in [1.165, 1.54) is 12.0 Å². The van der Waals surface area contributed by atoms with Gasteiger partial charge in [-0.2, -0.15) is 4.98 Å². The molecule has 0 aliphatic heterocycles. The largest absolute Gasteiger partial charge is 0.481 e. The molecule has 0 spiro atoms. The van der Waals surface area contributed by atoms with E-state index in [9.17, 15) is 4.79 Å².